The van der Waals surface area contributed by atoms with Crippen molar-refractivity contribution in [2.75, 3.05) is 43.1 Å². The van der Waals surface area contributed by atoms with E-state index in [1.165, 1.54) is 18.6 Å². The smallest absolute Gasteiger partial charge is 0.170 e. The summed E-state index contributed by atoms with van der Waals surface area (Å²) in [5.74, 6) is 2.18. The number of hydrogen-bond donors (Lipinski definition) is 2. The molecule has 2 atom stereocenters. The summed E-state index contributed by atoms with van der Waals surface area (Å²) in [6, 6.07) is 10.9. The van der Waals surface area contributed by atoms with E-state index in [2.05, 4.69) is 40.4 Å². The first kappa shape index (κ1) is 22.9. The van der Waals surface area contributed by atoms with Gasteiger partial charge in [-0.3, -0.25) is 0 Å². The van der Waals surface area contributed by atoms with E-state index >= 15 is 0 Å². The molecular weight excluding hydrogens is 423 g/mol. The molecule has 0 saturated carbocycles. The second kappa shape index (κ2) is 10.1. The lowest BCUT2D eigenvalue weighted by Gasteiger charge is -2.38. The lowest BCUT2D eigenvalue weighted by Crippen LogP contribution is -2.45. The zero-order chi connectivity index (χ0) is 22.6. The van der Waals surface area contributed by atoms with Crippen LogP contribution in [0.3, 0.4) is 0 Å². The van der Waals surface area contributed by atoms with Gasteiger partial charge in [0.25, 0.3) is 0 Å². The summed E-state index contributed by atoms with van der Waals surface area (Å²) in [4.78, 5) is 7.04. The van der Waals surface area contributed by atoms with Crippen molar-refractivity contribution in [2.24, 2.45) is 11.8 Å². The molecule has 0 radical (unpaired) electrons. The number of pyridine rings is 1. The Morgan fingerprint density at radius 3 is 2.44 bits per heavy atom. The minimum atomic E-state index is -0.217. The number of halogens is 1. The Morgan fingerprint density at radius 2 is 1.81 bits per heavy atom. The highest BCUT2D eigenvalue weighted by Gasteiger charge is 2.34. The molecular formula is C25H33FN4OS. The fourth-order valence-corrected chi connectivity index (χ4v) is 5.24. The highest BCUT2D eigenvalue weighted by molar-refractivity contribution is 7.80. The first-order chi connectivity index (χ1) is 15.4. The van der Waals surface area contributed by atoms with Gasteiger partial charge in [0.05, 0.1) is 11.9 Å². The van der Waals surface area contributed by atoms with Crippen LogP contribution in [-0.4, -0.2) is 42.9 Å². The minimum absolute atomic E-state index is 0.124. The van der Waals surface area contributed by atoms with E-state index < -0.39 is 0 Å². The molecule has 7 heteroatoms. The zero-order valence-corrected chi connectivity index (χ0v) is 19.8. The fourth-order valence-electron chi connectivity index (χ4n) is 5.05. The van der Waals surface area contributed by atoms with Gasteiger partial charge in [-0.25, -0.2) is 9.37 Å². The number of aromatic nitrogens is 1. The number of anilines is 2. The molecule has 32 heavy (non-hydrogen) atoms. The van der Waals surface area contributed by atoms with Crippen molar-refractivity contribution in [3.8, 4) is 0 Å². The molecule has 5 nitrogen and oxygen atoms in total. The van der Waals surface area contributed by atoms with Crippen molar-refractivity contribution >= 4 is 28.8 Å². The molecule has 2 aliphatic heterocycles. The number of nitrogens with one attached hydrogen (secondary N) is 2. The van der Waals surface area contributed by atoms with Gasteiger partial charge in [-0.1, -0.05) is 26.0 Å². The van der Waals surface area contributed by atoms with E-state index in [1.807, 2.05) is 24.4 Å². The fraction of sp³-hybridized carbons (Fsp3) is 0.520. The molecule has 2 aromatic rings. The van der Waals surface area contributed by atoms with Crippen LogP contribution in [0.5, 0.6) is 0 Å². The largest absolute Gasteiger partial charge is 0.381 e. The van der Waals surface area contributed by atoms with E-state index in [0.717, 1.165) is 43.0 Å². The predicted molar refractivity (Wildman–Crippen MR) is 132 cm³/mol. The van der Waals surface area contributed by atoms with Gasteiger partial charge < -0.3 is 20.3 Å². The summed E-state index contributed by atoms with van der Waals surface area (Å²) in [6.07, 6.45) is 4.87. The van der Waals surface area contributed by atoms with Crippen LogP contribution in [0.1, 0.15) is 38.7 Å². The molecule has 2 unspecified atom stereocenters. The van der Waals surface area contributed by atoms with Gasteiger partial charge >= 0.3 is 0 Å². The number of piperidine rings is 1. The van der Waals surface area contributed by atoms with Crippen molar-refractivity contribution in [2.45, 2.75) is 38.5 Å². The van der Waals surface area contributed by atoms with E-state index in [0.29, 0.717) is 36.7 Å². The normalized spacial score (nSPS) is 22.9. The van der Waals surface area contributed by atoms with Crippen molar-refractivity contribution in [1.29, 1.82) is 0 Å². The molecule has 3 heterocycles. The molecule has 172 valence electrons. The second-order valence-corrected chi connectivity index (χ2v) is 9.87. The summed E-state index contributed by atoms with van der Waals surface area (Å²) in [7, 11) is 0. The number of benzene rings is 1. The van der Waals surface area contributed by atoms with Crippen LogP contribution in [0.15, 0.2) is 42.6 Å². The third kappa shape index (κ3) is 5.56. The molecule has 0 amide bonds. The first-order valence-electron chi connectivity index (χ1n) is 11.5. The number of rotatable bonds is 5. The minimum Gasteiger partial charge on any atom is -0.381 e. The zero-order valence-electron chi connectivity index (χ0n) is 18.9. The summed E-state index contributed by atoms with van der Waals surface area (Å²) in [5.41, 5.74) is 1.86. The van der Waals surface area contributed by atoms with E-state index in [4.69, 9.17) is 17.0 Å². The van der Waals surface area contributed by atoms with Gasteiger partial charge in [0, 0.05) is 38.3 Å². The monoisotopic (exact) mass is 456 g/mol. The summed E-state index contributed by atoms with van der Waals surface area (Å²) < 4.78 is 19.0. The topological polar surface area (TPSA) is 49.4 Å². The molecule has 2 N–H and O–H groups in total. The Morgan fingerprint density at radius 1 is 1.12 bits per heavy atom. The molecule has 2 aliphatic rings. The summed E-state index contributed by atoms with van der Waals surface area (Å²) in [5, 5.41) is 7.19. The van der Waals surface area contributed by atoms with Gasteiger partial charge in [0.1, 0.15) is 11.6 Å². The van der Waals surface area contributed by atoms with Crippen LogP contribution < -0.4 is 15.5 Å². The standard InChI is InChI=1S/C25H33FN4OS/c1-18-13-19(2)16-30(15-18)23-8-7-22(14-27-23)29-24(32)28-17-25(9-11-31-12-10-25)20-3-5-21(26)6-4-20/h3-8,14,18-19H,9-13,15-17H2,1-2H3,(H2,28,29,32). The molecule has 0 bridgehead atoms. The number of nitrogens with zero attached hydrogens (tertiary/aromatic N) is 2. The van der Waals surface area contributed by atoms with Crippen molar-refractivity contribution in [1.82, 2.24) is 10.3 Å². The Hall–Kier alpha value is -2.25. The molecule has 0 spiro atoms. The number of ether oxygens (including phenoxy) is 1. The highest BCUT2D eigenvalue weighted by atomic mass is 32.1. The van der Waals surface area contributed by atoms with Crippen LogP contribution >= 0.6 is 12.2 Å². The number of thiocarbonyl (C=S) groups is 1. The second-order valence-electron chi connectivity index (χ2n) is 9.46. The molecule has 1 aromatic heterocycles. The highest BCUT2D eigenvalue weighted by Crippen LogP contribution is 2.34. The maximum atomic E-state index is 13.4. The Kier molecular flexibility index (Phi) is 7.26. The first-order valence-corrected chi connectivity index (χ1v) is 11.9. The molecule has 2 fully saturated rings. The average molecular weight is 457 g/mol. The van der Waals surface area contributed by atoms with Gasteiger partial charge in [0.15, 0.2) is 5.11 Å². The lowest BCUT2D eigenvalue weighted by molar-refractivity contribution is 0.0515. The maximum Gasteiger partial charge on any atom is 0.170 e. The van der Waals surface area contributed by atoms with Gasteiger partial charge in [0.2, 0.25) is 0 Å². The van der Waals surface area contributed by atoms with Crippen molar-refractivity contribution in [3.05, 3.63) is 54.0 Å². The van der Waals surface area contributed by atoms with Gasteiger partial charge in [-0.05, 0) is 73.1 Å². The Labute approximate surface area is 195 Å². The third-order valence-corrected chi connectivity index (χ3v) is 6.94. The van der Waals surface area contributed by atoms with E-state index in [-0.39, 0.29) is 11.2 Å². The van der Waals surface area contributed by atoms with E-state index in [9.17, 15) is 4.39 Å². The van der Waals surface area contributed by atoms with Crippen molar-refractivity contribution < 1.29 is 9.13 Å². The third-order valence-electron chi connectivity index (χ3n) is 6.69. The van der Waals surface area contributed by atoms with Gasteiger partial charge in [-0.2, -0.15) is 0 Å². The van der Waals surface area contributed by atoms with Crippen LogP contribution in [-0.2, 0) is 10.2 Å². The summed E-state index contributed by atoms with van der Waals surface area (Å²) >= 11 is 5.56. The lowest BCUT2D eigenvalue weighted by atomic mass is 9.74. The molecule has 1 aromatic carbocycles. The molecule has 0 aliphatic carbocycles. The van der Waals surface area contributed by atoms with E-state index in [1.54, 1.807) is 0 Å². The average Bonchev–Trinajstić information content (AvgIpc) is 2.79. The maximum absolute atomic E-state index is 13.4. The van der Waals surface area contributed by atoms with Crippen LogP contribution in [0.2, 0.25) is 0 Å². The predicted octanol–water partition coefficient (Wildman–Crippen LogP) is 4.74. The summed E-state index contributed by atoms with van der Waals surface area (Å²) in [6.45, 7) is 8.78. The van der Waals surface area contributed by atoms with Crippen LogP contribution in [0.4, 0.5) is 15.9 Å². The Bertz CT molecular complexity index is 889. The van der Waals surface area contributed by atoms with Crippen LogP contribution in [0, 0.1) is 17.7 Å². The molecule has 4 rings (SSSR count). The number of hydrogen-bond acceptors (Lipinski definition) is 4. The SMILES string of the molecule is CC1CC(C)CN(c2ccc(NC(=S)NCC3(c4ccc(F)cc4)CCOCC3)cn2)C1. The molecule has 2 saturated heterocycles. The van der Waals surface area contributed by atoms with Gasteiger partial charge in [-0.15, -0.1) is 0 Å². The Balaban J connectivity index is 1.36. The van der Waals surface area contributed by atoms with Crippen molar-refractivity contribution in [3.63, 3.8) is 0 Å². The quantitative estimate of drug-likeness (QED) is 0.634. The van der Waals surface area contributed by atoms with Crippen LogP contribution in [0.25, 0.3) is 0 Å².